The summed E-state index contributed by atoms with van der Waals surface area (Å²) < 4.78 is 12.6. The van der Waals surface area contributed by atoms with E-state index in [1.165, 1.54) is 0 Å². The summed E-state index contributed by atoms with van der Waals surface area (Å²) >= 11 is 0. The molecule has 46 valence electrons. The van der Waals surface area contributed by atoms with Crippen LogP contribution in [0.1, 0.15) is 13.8 Å². The van der Waals surface area contributed by atoms with Crippen LogP contribution in [0.3, 0.4) is 0 Å². The summed E-state index contributed by atoms with van der Waals surface area (Å²) in [6, 6.07) is 0. The van der Waals surface area contributed by atoms with Gasteiger partial charge in [0.1, 0.15) is 11.0 Å². The predicted octanol–water partition coefficient (Wildman–Crippen LogP) is 0.129. The molecule has 0 amide bonds. The largest absolute Gasteiger partial charge is 0.241 e. The van der Waals surface area contributed by atoms with Gasteiger partial charge in [0.25, 0.3) is 0 Å². The average Bonchev–Trinajstić information content (AvgIpc) is 1.67. The molecule has 0 spiro atoms. The SMILES string of the molecule is CC(C)S(=O)NC#N. The molecule has 4 heteroatoms. The highest BCUT2D eigenvalue weighted by atomic mass is 32.2. The minimum Gasteiger partial charge on any atom is -0.241 e. The van der Waals surface area contributed by atoms with Crippen LogP contribution in [0.15, 0.2) is 0 Å². The minimum absolute atomic E-state index is 0.00894. The first-order chi connectivity index (χ1) is 3.68. The van der Waals surface area contributed by atoms with Crippen molar-refractivity contribution >= 4 is 11.0 Å². The van der Waals surface area contributed by atoms with Crippen LogP contribution in [0.25, 0.3) is 0 Å². The molecular formula is C4H8N2OS. The molecule has 1 atom stereocenters. The van der Waals surface area contributed by atoms with Crippen molar-refractivity contribution in [2.24, 2.45) is 0 Å². The number of nitrogens with zero attached hydrogens (tertiary/aromatic N) is 1. The molecule has 0 aliphatic heterocycles. The summed E-state index contributed by atoms with van der Waals surface area (Å²) in [5, 5.41) is 7.94. The van der Waals surface area contributed by atoms with Crippen molar-refractivity contribution in [3.8, 4) is 6.19 Å². The van der Waals surface area contributed by atoms with Crippen molar-refractivity contribution in [1.29, 1.82) is 5.26 Å². The van der Waals surface area contributed by atoms with Crippen LogP contribution in [0.4, 0.5) is 0 Å². The zero-order valence-corrected chi connectivity index (χ0v) is 5.66. The number of hydrogen-bond donors (Lipinski definition) is 1. The molecule has 0 heterocycles. The normalized spacial score (nSPS) is 12.8. The first kappa shape index (κ1) is 7.44. The molecule has 0 aromatic heterocycles. The molecule has 8 heavy (non-hydrogen) atoms. The monoisotopic (exact) mass is 132 g/mol. The molecule has 0 saturated carbocycles. The van der Waals surface area contributed by atoms with E-state index in [0.717, 1.165) is 0 Å². The lowest BCUT2D eigenvalue weighted by Gasteiger charge is -1.98. The van der Waals surface area contributed by atoms with E-state index in [0.29, 0.717) is 0 Å². The van der Waals surface area contributed by atoms with Gasteiger partial charge in [0.05, 0.1) is 0 Å². The van der Waals surface area contributed by atoms with E-state index in [4.69, 9.17) is 5.26 Å². The van der Waals surface area contributed by atoms with E-state index in [1.54, 1.807) is 20.0 Å². The maximum atomic E-state index is 10.5. The third-order valence-corrected chi connectivity index (χ3v) is 1.72. The molecule has 0 saturated heterocycles. The maximum absolute atomic E-state index is 10.5. The van der Waals surface area contributed by atoms with Crippen molar-refractivity contribution < 1.29 is 4.21 Å². The van der Waals surface area contributed by atoms with Crippen LogP contribution < -0.4 is 4.72 Å². The summed E-state index contributed by atoms with van der Waals surface area (Å²) in [7, 11) is -1.18. The quantitative estimate of drug-likeness (QED) is 0.429. The molecule has 0 aliphatic carbocycles. The Labute approximate surface area is 51.3 Å². The van der Waals surface area contributed by atoms with Gasteiger partial charge in [0.2, 0.25) is 0 Å². The molecule has 0 aromatic rings. The van der Waals surface area contributed by atoms with Crippen LogP contribution in [-0.2, 0) is 11.0 Å². The fourth-order valence-electron chi connectivity index (χ4n) is 0.163. The Balaban J connectivity index is 3.53. The van der Waals surface area contributed by atoms with Gasteiger partial charge in [0.15, 0.2) is 6.19 Å². The first-order valence-corrected chi connectivity index (χ1v) is 3.45. The highest BCUT2D eigenvalue weighted by molar-refractivity contribution is 7.83. The summed E-state index contributed by atoms with van der Waals surface area (Å²) in [4.78, 5) is 0. The van der Waals surface area contributed by atoms with E-state index >= 15 is 0 Å². The first-order valence-electron chi connectivity index (χ1n) is 2.23. The van der Waals surface area contributed by atoms with E-state index < -0.39 is 11.0 Å². The Bertz CT molecular complexity index is 126. The minimum atomic E-state index is -1.18. The smallest absolute Gasteiger partial charge is 0.189 e. The molecule has 3 nitrogen and oxygen atoms in total. The van der Waals surface area contributed by atoms with Crippen molar-refractivity contribution in [1.82, 2.24) is 4.72 Å². The molecule has 0 aromatic carbocycles. The summed E-state index contributed by atoms with van der Waals surface area (Å²) in [5.74, 6) is 0. The second kappa shape index (κ2) is 3.44. The lowest BCUT2D eigenvalue weighted by Crippen LogP contribution is -2.18. The Kier molecular flexibility index (Phi) is 3.20. The van der Waals surface area contributed by atoms with Gasteiger partial charge in [0, 0.05) is 5.25 Å². The molecule has 1 unspecified atom stereocenters. The number of rotatable bonds is 2. The van der Waals surface area contributed by atoms with E-state index in [-0.39, 0.29) is 5.25 Å². The lowest BCUT2D eigenvalue weighted by atomic mass is 10.6. The summed E-state index contributed by atoms with van der Waals surface area (Å²) in [6.45, 7) is 3.56. The second-order valence-electron chi connectivity index (χ2n) is 1.56. The average molecular weight is 132 g/mol. The van der Waals surface area contributed by atoms with Crippen LogP contribution in [0, 0.1) is 11.5 Å². The number of hydrogen-bond acceptors (Lipinski definition) is 2. The van der Waals surface area contributed by atoms with Crippen molar-refractivity contribution in [2.45, 2.75) is 19.1 Å². The molecule has 1 N–H and O–H groups in total. The van der Waals surface area contributed by atoms with Crippen LogP contribution in [0.2, 0.25) is 0 Å². The van der Waals surface area contributed by atoms with Gasteiger partial charge in [-0.05, 0) is 13.8 Å². The maximum Gasteiger partial charge on any atom is 0.189 e. The highest BCUT2D eigenvalue weighted by Crippen LogP contribution is 1.86. The third-order valence-electron chi connectivity index (χ3n) is 0.574. The Morgan fingerprint density at radius 1 is 1.75 bits per heavy atom. The second-order valence-corrected chi connectivity index (χ2v) is 3.30. The van der Waals surface area contributed by atoms with Crippen LogP contribution in [0.5, 0.6) is 0 Å². The van der Waals surface area contributed by atoms with Gasteiger partial charge in [-0.3, -0.25) is 0 Å². The fourth-order valence-corrected chi connectivity index (χ4v) is 0.489. The van der Waals surface area contributed by atoms with Crippen LogP contribution >= 0.6 is 0 Å². The Morgan fingerprint density at radius 2 is 2.25 bits per heavy atom. The predicted molar refractivity (Wildman–Crippen MR) is 32.0 cm³/mol. The zero-order chi connectivity index (χ0) is 6.57. The van der Waals surface area contributed by atoms with Crippen molar-refractivity contribution in [2.75, 3.05) is 0 Å². The van der Waals surface area contributed by atoms with Gasteiger partial charge >= 0.3 is 0 Å². The van der Waals surface area contributed by atoms with Gasteiger partial charge in [-0.25, -0.2) is 8.93 Å². The number of nitrogens with one attached hydrogen (secondary N) is 1. The highest BCUT2D eigenvalue weighted by Gasteiger charge is 2.00. The molecule has 0 aliphatic rings. The van der Waals surface area contributed by atoms with Gasteiger partial charge < -0.3 is 0 Å². The molecular weight excluding hydrogens is 124 g/mol. The summed E-state index contributed by atoms with van der Waals surface area (Å²) in [6.07, 6.45) is 1.60. The Hall–Kier alpha value is -0.560. The third kappa shape index (κ3) is 2.59. The zero-order valence-electron chi connectivity index (χ0n) is 4.84. The number of nitriles is 1. The van der Waals surface area contributed by atoms with Crippen LogP contribution in [-0.4, -0.2) is 9.46 Å². The molecule has 0 fully saturated rings. The van der Waals surface area contributed by atoms with Crippen molar-refractivity contribution in [3.63, 3.8) is 0 Å². The van der Waals surface area contributed by atoms with E-state index in [2.05, 4.69) is 4.72 Å². The van der Waals surface area contributed by atoms with Gasteiger partial charge in [-0.2, -0.15) is 5.26 Å². The summed E-state index contributed by atoms with van der Waals surface area (Å²) in [5.41, 5.74) is 0. The fraction of sp³-hybridized carbons (Fsp3) is 0.750. The molecule has 0 rings (SSSR count). The van der Waals surface area contributed by atoms with Gasteiger partial charge in [-0.15, -0.1) is 0 Å². The topological polar surface area (TPSA) is 52.9 Å². The van der Waals surface area contributed by atoms with E-state index in [9.17, 15) is 4.21 Å². The standard InChI is InChI=1S/C4H8N2OS/c1-4(2)8(7)6-3-5/h4,6H,1-2H3. The van der Waals surface area contributed by atoms with E-state index in [1.807, 2.05) is 0 Å². The lowest BCUT2D eigenvalue weighted by molar-refractivity contribution is 0.673. The van der Waals surface area contributed by atoms with Crippen molar-refractivity contribution in [3.05, 3.63) is 0 Å². The molecule has 0 bridgehead atoms. The Morgan fingerprint density at radius 3 is 2.38 bits per heavy atom. The molecule has 0 radical (unpaired) electrons. The van der Waals surface area contributed by atoms with Gasteiger partial charge in [-0.1, -0.05) is 0 Å².